The number of carboxylic acid groups (broad SMARTS) is 1. The van der Waals surface area contributed by atoms with Crippen LogP contribution in [0.25, 0.3) is 0 Å². The van der Waals surface area contributed by atoms with Crippen molar-refractivity contribution in [2.75, 3.05) is 47.1 Å². The van der Waals surface area contributed by atoms with Crippen molar-refractivity contribution >= 4 is 12.0 Å². The molecule has 0 heterocycles. The largest absolute Gasteiger partial charge is 0.481 e. The summed E-state index contributed by atoms with van der Waals surface area (Å²) < 4.78 is 9.86. The highest BCUT2D eigenvalue weighted by Crippen LogP contribution is 2.13. The van der Waals surface area contributed by atoms with Crippen molar-refractivity contribution in [3.63, 3.8) is 0 Å². The third-order valence-electron chi connectivity index (χ3n) is 2.68. The summed E-state index contributed by atoms with van der Waals surface area (Å²) in [5.74, 6) is -0.951. The van der Waals surface area contributed by atoms with E-state index in [1.807, 2.05) is 0 Å². The fourth-order valence-electron chi connectivity index (χ4n) is 1.20. The van der Waals surface area contributed by atoms with Gasteiger partial charge in [-0.15, -0.1) is 0 Å². The molecule has 112 valence electrons. The number of aliphatic carboxylic acids is 1. The van der Waals surface area contributed by atoms with Crippen LogP contribution in [0.4, 0.5) is 4.79 Å². The first kappa shape index (κ1) is 17.7. The van der Waals surface area contributed by atoms with Crippen LogP contribution in [-0.2, 0) is 14.3 Å². The van der Waals surface area contributed by atoms with E-state index in [2.05, 4.69) is 5.32 Å². The highest BCUT2D eigenvalue weighted by molar-refractivity contribution is 5.77. The van der Waals surface area contributed by atoms with Crippen LogP contribution in [0.15, 0.2) is 0 Å². The zero-order chi connectivity index (χ0) is 14.9. The molecule has 0 aliphatic carbocycles. The molecule has 0 rings (SSSR count). The predicted molar refractivity (Wildman–Crippen MR) is 70.1 cm³/mol. The Morgan fingerprint density at radius 1 is 1.16 bits per heavy atom. The van der Waals surface area contributed by atoms with Crippen LogP contribution >= 0.6 is 0 Å². The summed E-state index contributed by atoms with van der Waals surface area (Å²) in [7, 11) is 3.11. The monoisotopic (exact) mass is 276 g/mol. The standard InChI is InChI=1S/C12H24N2O5/c1-12(2,10(15)16)9-13-11(17)14(5-7-18-3)6-8-19-4/h5-9H2,1-4H3,(H,13,17)(H,15,16). The highest BCUT2D eigenvalue weighted by atomic mass is 16.5. The first-order valence-electron chi connectivity index (χ1n) is 6.09. The maximum atomic E-state index is 11.9. The number of urea groups is 1. The minimum Gasteiger partial charge on any atom is -0.481 e. The fourth-order valence-corrected chi connectivity index (χ4v) is 1.20. The van der Waals surface area contributed by atoms with E-state index >= 15 is 0 Å². The second kappa shape index (κ2) is 8.71. The van der Waals surface area contributed by atoms with Crippen molar-refractivity contribution in [3.8, 4) is 0 Å². The van der Waals surface area contributed by atoms with Gasteiger partial charge in [0.15, 0.2) is 0 Å². The summed E-state index contributed by atoms with van der Waals surface area (Å²) in [4.78, 5) is 24.4. The third kappa shape index (κ3) is 6.97. The quantitative estimate of drug-likeness (QED) is 0.636. The molecule has 0 aromatic heterocycles. The molecule has 0 aromatic rings. The van der Waals surface area contributed by atoms with Gasteiger partial charge in [-0.2, -0.15) is 0 Å². The number of carboxylic acids is 1. The molecule has 2 N–H and O–H groups in total. The van der Waals surface area contributed by atoms with Crippen molar-refractivity contribution in [3.05, 3.63) is 0 Å². The van der Waals surface area contributed by atoms with Crippen LogP contribution in [0.3, 0.4) is 0 Å². The van der Waals surface area contributed by atoms with E-state index in [1.54, 1.807) is 28.1 Å². The van der Waals surface area contributed by atoms with Crippen LogP contribution in [0.1, 0.15) is 13.8 Å². The van der Waals surface area contributed by atoms with Gasteiger partial charge in [0.05, 0.1) is 18.6 Å². The third-order valence-corrected chi connectivity index (χ3v) is 2.68. The number of nitrogens with one attached hydrogen (secondary N) is 1. The van der Waals surface area contributed by atoms with Gasteiger partial charge in [0.1, 0.15) is 0 Å². The highest BCUT2D eigenvalue weighted by Gasteiger charge is 2.28. The SMILES string of the molecule is COCCN(CCOC)C(=O)NCC(C)(C)C(=O)O. The summed E-state index contributed by atoms with van der Waals surface area (Å²) in [6.07, 6.45) is 0. The summed E-state index contributed by atoms with van der Waals surface area (Å²) in [5, 5.41) is 11.6. The maximum absolute atomic E-state index is 11.9. The first-order chi connectivity index (χ1) is 8.85. The first-order valence-corrected chi connectivity index (χ1v) is 6.09. The van der Waals surface area contributed by atoms with E-state index < -0.39 is 11.4 Å². The number of ether oxygens (including phenoxy) is 2. The Morgan fingerprint density at radius 3 is 2.00 bits per heavy atom. The van der Waals surface area contributed by atoms with E-state index in [4.69, 9.17) is 14.6 Å². The molecule has 7 nitrogen and oxygen atoms in total. The Balaban J connectivity index is 4.34. The van der Waals surface area contributed by atoms with Crippen LogP contribution in [0.2, 0.25) is 0 Å². The van der Waals surface area contributed by atoms with Gasteiger partial charge in [0.2, 0.25) is 0 Å². The number of carbonyl (C=O) groups is 2. The second-order valence-corrected chi connectivity index (χ2v) is 4.82. The molecule has 0 bridgehead atoms. The lowest BCUT2D eigenvalue weighted by Gasteiger charge is -2.25. The lowest BCUT2D eigenvalue weighted by Crippen LogP contribution is -2.47. The molecule has 0 spiro atoms. The van der Waals surface area contributed by atoms with E-state index in [9.17, 15) is 9.59 Å². The van der Waals surface area contributed by atoms with Crippen LogP contribution in [0, 0.1) is 5.41 Å². The summed E-state index contributed by atoms with van der Waals surface area (Å²) in [6.45, 7) is 4.88. The number of rotatable bonds is 9. The minimum absolute atomic E-state index is 0.0671. The normalized spacial score (nSPS) is 11.2. The molecule has 0 radical (unpaired) electrons. The van der Waals surface area contributed by atoms with Gasteiger partial charge in [-0.3, -0.25) is 4.79 Å². The molecule has 0 aliphatic heterocycles. The van der Waals surface area contributed by atoms with Crippen molar-refractivity contribution in [2.24, 2.45) is 5.41 Å². The zero-order valence-corrected chi connectivity index (χ0v) is 12.1. The number of hydrogen-bond donors (Lipinski definition) is 2. The van der Waals surface area contributed by atoms with Gasteiger partial charge < -0.3 is 24.8 Å². The Hall–Kier alpha value is -1.34. The number of nitrogens with zero attached hydrogens (tertiary/aromatic N) is 1. The Bertz CT molecular complexity index is 286. The van der Waals surface area contributed by atoms with Gasteiger partial charge >= 0.3 is 12.0 Å². The van der Waals surface area contributed by atoms with E-state index in [1.165, 1.54) is 4.90 Å². The second-order valence-electron chi connectivity index (χ2n) is 4.82. The Morgan fingerprint density at radius 2 is 1.63 bits per heavy atom. The number of hydrogen-bond acceptors (Lipinski definition) is 4. The van der Waals surface area contributed by atoms with Crippen LogP contribution in [-0.4, -0.2) is 69.1 Å². The molecule has 19 heavy (non-hydrogen) atoms. The topological polar surface area (TPSA) is 88.1 Å². The molecule has 0 unspecified atom stereocenters. The average Bonchev–Trinajstić information content (AvgIpc) is 2.36. The molecular formula is C12H24N2O5. The fraction of sp³-hybridized carbons (Fsp3) is 0.833. The van der Waals surface area contributed by atoms with Gasteiger partial charge in [-0.05, 0) is 13.8 Å². The number of methoxy groups -OCH3 is 2. The van der Waals surface area contributed by atoms with Gasteiger partial charge in [-0.25, -0.2) is 4.79 Å². The molecule has 0 aromatic carbocycles. The van der Waals surface area contributed by atoms with E-state index in [0.29, 0.717) is 26.3 Å². The predicted octanol–water partition coefficient (Wildman–Crippen LogP) is 0.402. The zero-order valence-electron chi connectivity index (χ0n) is 12.1. The van der Waals surface area contributed by atoms with Gasteiger partial charge in [0.25, 0.3) is 0 Å². The maximum Gasteiger partial charge on any atom is 0.317 e. The van der Waals surface area contributed by atoms with Gasteiger partial charge in [0, 0.05) is 33.9 Å². The molecule has 0 aliphatic rings. The van der Waals surface area contributed by atoms with Crippen molar-refractivity contribution in [1.82, 2.24) is 10.2 Å². The molecule has 0 fully saturated rings. The van der Waals surface area contributed by atoms with Gasteiger partial charge in [-0.1, -0.05) is 0 Å². The Kier molecular flexibility index (Phi) is 8.09. The van der Waals surface area contributed by atoms with E-state index in [0.717, 1.165) is 0 Å². The van der Waals surface area contributed by atoms with Crippen LogP contribution in [0.5, 0.6) is 0 Å². The number of amides is 2. The van der Waals surface area contributed by atoms with E-state index in [-0.39, 0.29) is 12.6 Å². The average molecular weight is 276 g/mol. The summed E-state index contributed by atoms with van der Waals surface area (Å²) in [6, 6.07) is -0.316. The molecule has 0 atom stereocenters. The lowest BCUT2D eigenvalue weighted by atomic mass is 9.94. The molecule has 0 saturated heterocycles. The van der Waals surface area contributed by atoms with Crippen molar-refractivity contribution < 1.29 is 24.2 Å². The molecule has 0 saturated carbocycles. The smallest absolute Gasteiger partial charge is 0.317 e. The molecule has 7 heteroatoms. The molecular weight excluding hydrogens is 252 g/mol. The van der Waals surface area contributed by atoms with Crippen molar-refractivity contribution in [2.45, 2.75) is 13.8 Å². The van der Waals surface area contributed by atoms with Crippen LogP contribution < -0.4 is 5.32 Å². The molecule has 2 amide bonds. The number of carbonyl (C=O) groups excluding carboxylic acids is 1. The summed E-state index contributed by atoms with van der Waals surface area (Å²) in [5.41, 5.74) is -0.996. The summed E-state index contributed by atoms with van der Waals surface area (Å²) >= 11 is 0. The minimum atomic E-state index is -0.996. The lowest BCUT2D eigenvalue weighted by molar-refractivity contribution is -0.146. The van der Waals surface area contributed by atoms with Crippen molar-refractivity contribution in [1.29, 1.82) is 0 Å². The Labute approximate surface area is 113 Å².